The van der Waals surface area contributed by atoms with Crippen molar-refractivity contribution in [2.45, 2.75) is 51.8 Å². The van der Waals surface area contributed by atoms with Gasteiger partial charge in [0.2, 0.25) is 0 Å². The van der Waals surface area contributed by atoms with Crippen molar-refractivity contribution in [3.8, 4) is 0 Å². The molecule has 0 N–H and O–H groups in total. The molecular formula is C16H21Cl. The van der Waals surface area contributed by atoms with E-state index >= 15 is 0 Å². The summed E-state index contributed by atoms with van der Waals surface area (Å²) in [6.45, 7) is 11.1. The normalized spacial score (nSPS) is 18.8. The lowest BCUT2D eigenvalue weighted by atomic mass is 9.89. The molecule has 1 aliphatic carbocycles. The average molecular weight is 249 g/mol. The van der Waals surface area contributed by atoms with Gasteiger partial charge in [-0.15, -0.1) is 11.6 Å². The summed E-state index contributed by atoms with van der Waals surface area (Å²) in [7, 11) is 0. The first-order chi connectivity index (χ1) is 7.91. The number of alkyl halides is 1. The maximum absolute atomic E-state index is 6.48. The van der Waals surface area contributed by atoms with Crippen LogP contribution >= 0.6 is 11.6 Å². The van der Waals surface area contributed by atoms with Crippen molar-refractivity contribution in [1.29, 1.82) is 0 Å². The summed E-state index contributed by atoms with van der Waals surface area (Å²) in [5.74, 6) is 1.11. The van der Waals surface area contributed by atoms with Gasteiger partial charge >= 0.3 is 0 Å². The quantitative estimate of drug-likeness (QED) is 0.595. The fraction of sp³-hybridized carbons (Fsp3) is 0.500. The lowest BCUT2D eigenvalue weighted by Gasteiger charge is -2.17. The molecule has 0 nitrogen and oxygen atoms in total. The zero-order chi connectivity index (χ0) is 12.7. The Balaban J connectivity index is 2.63. The van der Waals surface area contributed by atoms with Gasteiger partial charge in [-0.05, 0) is 41.0 Å². The fourth-order valence-corrected chi connectivity index (χ4v) is 2.70. The third kappa shape index (κ3) is 2.15. The van der Waals surface area contributed by atoms with Gasteiger partial charge in [0, 0.05) is 0 Å². The minimum absolute atomic E-state index is 0.0706. The molecular weight excluding hydrogens is 228 g/mol. The first-order valence-corrected chi connectivity index (χ1v) is 6.85. The van der Waals surface area contributed by atoms with Crippen LogP contribution in [0.2, 0.25) is 0 Å². The van der Waals surface area contributed by atoms with Gasteiger partial charge in [0.15, 0.2) is 0 Å². The van der Waals surface area contributed by atoms with Crippen molar-refractivity contribution in [2.75, 3.05) is 0 Å². The van der Waals surface area contributed by atoms with E-state index in [1.54, 1.807) is 0 Å². The monoisotopic (exact) mass is 248 g/mol. The molecule has 0 radical (unpaired) electrons. The molecule has 1 heteroatoms. The van der Waals surface area contributed by atoms with Crippen LogP contribution < -0.4 is 0 Å². The molecule has 0 aliphatic heterocycles. The van der Waals surface area contributed by atoms with Crippen molar-refractivity contribution in [1.82, 2.24) is 0 Å². The van der Waals surface area contributed by atoms with E-state index in [4.69, 9.17) is 11.6 Å². The van der Waals surface area contributed by atoms with Crippen LogP contribution in [-0.4, -0.2) is 0 Å². The van der Waals surface area contributed by atoms with E-state index in [1.165, 1.54) is 27.8 Å². The second kappa shape index (κ2) is 4.49. The fourth-order valence-electron chi connectivity index (χ4n) is 2.46. The maximum atomic E-state index is 6.48. The van der Waals surface area contributed by atoms with Crippen LogP contribution in [0.5, 0.6) is 0 Å². The molecule has 1 aliphatic rings. The lowest BCUT2D eigenvalue weighted by molar-refractivity contribution is 0.827. The number of allylic oxidation sites excluding steroid dienone is 1. The highest BCUT2D eigenvalue weighted by atomic mass is 35.5. The van der Waals surface area contributed by atoms with Gasteiger partial charge in [-0.3, -0.25) is 0 Å². The van der Waals surface area contributed by atoms with Crippen LogP contribution in [0.4, 0.5) is 0 Å². The molecule has 0 spiro atoms. The third-order valence-electron chi connectivity index (χ3n) is 3.60. The van der Waals surface area contributed by atoms with E-state index < -0.39 is 0 Å². The number of fused-ring (bicyclic) bond motifs is 1. The minimum Gasteiger partial charge on any atom is -0.113 e. The number of benzene rings is 1. The van der Waals surface area contributed by atoms with Crippen LogP contribution in [0.15, 0.2) is 17.7 Å². The Morgan fingerprint density at radius 3 is 2.24 bits per heavy atom. The SMILES string of the molecule is CC1=Cc2c(C(C)C)cc(C(C)C)cc2C1Cl. The van der Waals surface area contributed by atoms with Crippen molar-refractivity contribution in [2.24, 2.45) is 0 Å². The summed E-state index contributed by atoms with van der Waals surface area (Å²) in [5.41, 5.74) is 6.78. The standard InChI is InChI=1S/C16H21Cl/c1-9(2)12-7-13(10(3)4)14-6-11(5)16(17)15(14)8-12/h6-10,16H,1-5H3. The summed E-state index contributed by atoms with van der Waals surface area (Å²) < 4.78 is 0. The predicted molar refractivity (Wildman–Crippen MR) is 76.9 cm³/mol. The molecule has 0 saturated carbocycles. The van der Waals surface area contributed by atoms with Crippen molar-refractivity contribution < 1.29 is 0 Å². The minimum atomic E-state index is 0.0706. The third-order valence-corrected chi connectivity index (χ3v) is 4.18. The van der Waals surface area contributed by atoms with Gasteiger partial charge in [0.1, 0.15) is 0 Å². The van der Waals surface area contributed by atoms with E-state index in [9.17, 15) is 0 Å². The molecule has 0 aromatic heterocycles. The molecule has 0 bridgehead atoms. The van der Waals surface area contributed by atoms with E-state index in [0.29, 0.717) is 11.8 Å². The predicted octanol–water partition coefficient (Wildman–Crippen LogP) is 5.63. The molecule has 0 fully saturated rings. The molecule has 0 heterocycles. The second-order valence-corrected chi connectivity index (χ2v) is 6.11. The van der Waals surface area contributed by atoms with E-state index in [-0.39, 0.29) is 5.38 Å². The Morgan fingerprint density at radius 2 is 1.71 bits per heavy atom. The summed E-state index contributed by atoms with van der Waals surface area (Å²) in [5, 5.41) is 0.0706. The molecule has 17 heavy (non-hydrogen) atoms. The second-order valence-electron chi connectivity index (χ2n) is 5.67. The first kappa shape index (κ1) is 12.7. The molecule has 0 amide bonds. The molecule has 2 rings (SSSR count). The Kier molecular flexibility index (Phi) is 3.36. The van der Waals surface area contributed by atoms with Crippen LogP contribution in [-0.2, 0) is 0 Å². The highest BCUT2D eigenvalue weighted by molar-refractivity contribution is 6.24. The van der Waals surface area contributed by atoms with E-state index in [1.807, 2.05) is 0 Å². The Labute approximate surface area is 110 Å². The lowest BCUT2D eigenvalue weighted by Crippen LogP contribution is -2.00. The van der Waals surface area contributed by atoms with Crippen LogP contribution in [0.25, 0.3) is 6.08 Å². The topological polar surface area (TPSA) is 0 Å². The highest BCUT2D eigenvalue weighted by Gasteiger charge is 2.24. The number of halogens is 1. The van der Waals surface area contributed by atoms with Crippen LogP contribution in [0.3, 0.4) is 0 Å². The summed E-state index contributed by atoms with van der Waals surface area (Å²) >= 11 is 6.48. The van der Waals surface area contributed by atoms with Crippen molar-refractivity contribution in [3.63, 3.8) is 0 Å². The van der Waals surface area contributed by atoms with Gasteiger partial charge in [-0.1, -0.05) is 51.5 Å². The zero-order valence-corrected chi connectivity index (χ0v) is 12.1. The zero-order valence-electron chi connectivity index (χ0n) is 11.3. The van der Waals surface area contributed by atoms with Crippen molar-refractivity contribution in [3.05, 3.63) is 40.0 Å². The number of hydrogen-bond donors (Lipinski definition) is 0. The Morgan fingerprint density at radius 1 is 1.06 bits per heavy atom. The molecule has 1 aromatic rings. The van der Waals surface area contributed by atoms with Crippen molar-refractivity contribution >= 4 is 17.7 Å². The molecule has 0 saturated heterocycles. The Hall–Kier alpha value is -0.750. The smallest absolute Gasteiger partial charge is 0.0802 e. The van der Waals surface area contributed by atoms with Crippen LogP contribution in [0.1, 0.15) is 74.1 Å². The van der Waals surface area contributed by atoms with Gasteiger partial charge < -0.3 is 0 Å². The molecule has 1 unspecified atom stereocenters. The van der Waals surface area contributed by atoms with E-state index in [0.717, 1.165) is 0 Å². The summed E-state index contributed by atoms with van der Waals surface area (Å²) in [6.07, 6.45) is 2.26. The van der Waals surface area contributed by atoms with E-state index in [2.05, 4.69) is 52.8 Å². The van der Waals surface area contributed by atoms with Gasteiger partial charge in [0.05, 0.1) is 5.38 Å². The maximum Gasteiger partial charge on any atom is 0.0802 e. The first-order valence-electron chi connectivity index (χ1n) is 6.41. The number of rotatable bonds is 2. The molecule has 92 valence electrons. The summed E-state index contributed by atoms with van der Waals surface area (Å²) in [6, 6.07) is 4.64. The Bertz CT molecular complexity index is 467. The summed E-state index contributed by atoms with van der Waals surface area (Å²) in [4.78, 5) is 0. The van der Waals surface area contributed by atoms with Gasteiger partial charge in [-0.25, -0.2) is 0 Å². The van der Waals surface area contributed by atoms with Gasteiger partial charge in [-0.2, -0.15) is 0 Å². The van der Waals surface area contributed by atoms with Crippen LogP contribution in [0, 0.1) is 0 Å². The largest absolute Gasteiger partial charge is 0.113 e. The molecule has 1 atom stereocenters. The highest BCUT2D eigenvalue weighted by Crippen LogP contribution is 2.43. The van der Waals surface area contributed by atoms with Gasteiger partial charge in [0.25, 0.3) is 0 Å². The number of hydrogen-bond acceptors (Lipinski definition) is 0. The molecule has 1 aromatic carbocycles. The average Bonchev–Trinajstić information content (AvgIpc) is 2.54.